The maximum atomic E-state index is 13.2. The molecule has 1 saturated carbocycles. The molecule has 0 aromatic heterocycles. The van der Waals surface area contributed by atoms with Crippen molar-refractivity contribution in [3.63, 3.8) is 0 Å². The number of sulfonamides is 1. The molecule has 6 unspecified atom stereocenters. The molecule has 3 N–H and O–H groups in total. The van der Waals surface area contributed by atoms with Crippen LogP contribution in [-0.2, 0) is 24.7 Å². The van der Waals surface area contributed by atoms with Gasteiger partial charge >= 0.3 is 0 Å². The zero-order valence-electron chi connectivity index (χ0n) is 20.2. The number of sulfone groups is 1. The summed E-state index contributed by atoms with van der Waals surface area (Å²) in [6.45, 7) is 6.14. The third kappa shape index (κ3) is 8.58. The molecule has 0 saturated heterocycles. The quantitative estimate of drug-likeness (QED) is 0.384. The number of carbonyl (C=O) groups excluding carboxylic acids is 1. The highest BCUT2D eigenvalue weighted by molar-refractivity contribution is 7.91. The first-order valence-electron chi connectivity index (χ1n) is 11.7. The minimum absolute atomic E-state index is 0.227. The Morgan fingerprint density at radius 3 is 2.32 bits per heavy atom. The van der Waals surface area contributed by atoms with Gasteiger partial charge in [0.25, 0.3) is 0 Å². The second-order valence-electron chi connectivity index (χ2n) is 9.66. The lowest BCUT2D eigenvalue weighted by molar-refractivity contribution is -0.124. The number of aliphatic hydroxyl groups is 1. The first kappa shape index (κ1) is 28.7. The van der Waals surface area contributed by atoms with Crippen LogP contribution in [0.15, 0.2) is 29.2 Å². The van der Waals surface area contributed by atoms with Crippen LogP contribution in [0, 0.1) is 23.6 Å². The van der Waals surface area contributed by atoms with Crippen LogP contribution in [0.5, 0.6) is 0 Å². The third-order valence-corrected chi connectivity index (χ3v) is 9.11. The average Bonchev–Trinajstić information content (AvgIpc) is 2.73. The van der Waals surface area contributed by atoms with Gasteiger partial charge in [-0.2, -0.15) is 0 Å². The maximum Gasteiger partial charge on any atom is 0.239 e. The molecule has 1 amide bonds. The van der Waals surface area contributed by atoms with E-state index in [2.05, 4.69) is 23.9 Å². The summed E-state index contributed by atoms with van der Waals surface area (Å²) in [6.07, 6.45) is 4.11. The van der Waals surface area contributed by atoms with Crippen molar-refractivity contribution >= 4 is 25.8 Å². The predicted octanol–water partition coefficient (Wildman–Crippen LogP) is 2.24. The van der Waals surface area contributed by atoms with E-state index >= 15 is 0 Å². The zero-order chi connectivity index (χ0) is 25.7. The standard InChI is InChI=1S/C23H37FN2O6S2/c1-5-20(22(27)13-17-12-15(2)6-7-16(17)3)25-23(28)21(26-33(4,29)30)14-34(31,32)19-10-8-18(24)9-11-19/h8-11,15-17,20-22,26-27H,5-7,12-14H2,1-4H3,(H,25,28). The molecule has 34 heavy (non-hydrogen) atoms. The van der Waals surface area contributed by atoms with Crippen molar-refractivity contribution in [2.75, 3.05) is 12.0 Å². The van der Waals surface area contributed by atoms with Crippen LogP contribution in [0.25, 0.3) is 0 Å². The van der Waals surface area contributed by atoms with Gasteiger partial charge in [0.2, 0.25) is 15.9 Å². The number of amides is 1. The predicted molar refractivity (Wildman–Crippen MR) is 129 cm³/mol. The Bertz CT molecular complexity index is 1030. The van der Waals surface area contributed by atoms with Crippen LogP contribution in [0.3, 0.4) is 0 Å². The van der Waals surface area contributed by atoms with Gasteiger partial charge in [-0.15, -0.1) is 0 Å². The van der Waals surface area contributed by atoms with Crippen LogP contribution in [0.1, 0.15) is 52.9 Å². The molecule has 8 nitrogen and oxygen atoms in total. The van der Waals surface area contributed by atoms with Gasteiger partial charge in [0.1, 0.15) is 11.9 Å². The highest BCUT2D eigenvalue weighted by Gasteiger charge is 2.34. The summed E-state index contributed by atoms with van der Waals surface area (Å²) in [6, 6.07) is 1.80. The van der Waals surface area contributed by atoms with E-state index in [1.165, 1.54) is 0 Å². The van der Waals surface area contributed by atoms with Crippen molar-refractivity contribution in [3.8, 4) is 0 Å². The van der Waals surface area contributed by atoms with E-state index in [0.717, 1.165) is 49.8 Å². The number of halogens is 1. The molecule has 1 aliphatic rings. The fourth-order valence-corrected chi connectivity index (χ4v) is 6.82. The minimum Gasteiger partial charge on any atom is -0.391 e. The lowest BCUT2D eigenvalue weighted by atomic mass is 9.73. The summed E-state index contributed by atoms with van der Waals surface area (Å²) in [7, 11) is -8.04. The van der Waals surface area contributed by atoms with E-state index < -0.39 is 55.5 Å². The van der Waals surface area contributed by atoms with Crippen molar-refractivity contribution in [2.45, 2.75) is 76.0 Å². The molecule has 11 heteroatoms. The first-order chi connectivity index (χ1) is 15.7. The second-order valence-corrected chi connectivity index (χ2v) is 13.5. The Morgan fingerprint density at radius 1 is 1.15 bits per heavy atom. The maximum absolute atomic E-state index is 13.2. The second kappa shape index (κ2) is 11.9. The molecular formula is C23H37FN2O6S2. The van der Waals surface area contributed by atoms with E-state index in [4.69, 9.17) is 0 Å². The minimum atomic E-state index is -4.11. The van der Waals surface area contributed by atoms with E-state index in [1.54, 1.807) is 6.92 Å². The summed E-state index contributed by atoms with van der Waals surface area (Å²) >= 11 is 0. The molecule has 0 spiro atoms. The van der Waals surface area contributed by atoms with E-state index in [9.17, 15) is 31.1 Å². The Labute approximate surface area is 202 Å². The van der Waals surface area contributed by atoms with Crippen molar-refractivity contribution in [3.05, 3.63) is 30.1 Å². The first-order valence-corrected chi connectivity index (χ1v) is 15.2. The normalized spacial score (nSPS) is 24.2. The van der Waals surface area contributed by atoms with Crippen LogP contribution < -0.4 is 10.0 Å². The number of nitrogens with one attached hydrogen (secondary N) is 2. The van der Waals surface area contributed by atoms with Gasteiger partial charge < -0.3 is 10.4 Å². The summed E-state index contributed by atoms with van der Waals surface area (Å²) in [5, 5.41) is 13.5. The summed E-state index contributed by atoms with van der Waals surface area (Å²) in [4.78, 5) is 12.8. The number of hydrogen-bond acceptors (Lipinski definition) is 6. The van der Waals surface area contributed by atoms with Gasteiger partial charge in [-0.3, -0.25) is 4.79 Å². The van der Waals surface area contributed by atoms with Gasteiger partial charge in [0.05, 0.1) is 29.0 Å². The highest BCUT2D eigenvalue weighted by Crippen LogP contribution is 2.36. The van der Waals surface area contributed by atoms with Crippen molar-refractivity contribution in [1.29, 1.82) is 0 Å². The third-order valence-electron chi connectivity index (χ3n) is 6.63. The van der Waals surface area contributed by atoms with Crippen molar-refractivity contribution < 1.29 is 31.1 Å². The molecule has 194 valence electrons. The van der Waals surface area contributed by atoms with Crippen LogP contribution in [0.2, 0.25) is 0 Å². The number of aliphatic hydroxyl groups excluding tert-OH is 1. The summed E-state index contributed by atoms with van der Waals surface area (Å²) < 4.78 is 64.5. The fraction of sp³-hybridized carbons (Fsp3) is 0.696. The van der Waals surface area contributed by atoms with Crippen molar-refractivity contribution in [2.24, 2.45) is 17.8 Å². The highest BCUT2D eigenvalue weighted by atomic mass is 32.2. The van der Waals surface area contributed by atoms with Crippen LogP contribution >= 0.6 is 0 Å². The molecule has 1 aliphatic carbocycles. The van der Waals surface area contributed by atoms with Crippen LogP contribution in [0.4, 0.5) is 4.39 Å². The van der Waals surface area contributed by atoms with E-state index in [1.807, 2.05) is 0 Å². The molecule has 0 radical (unpaired) electrons. The topological polar surface area (TPSA) is 130 Å². The Morgan fingerprint density at radius 2 is 1.76 bits per heavy atom. The van der Waals surface area contributed by atoms with Gasteiger partial charge in [-0.25, -0.2) is 25.9 Å². The smallest absolute Gasteiger partial charge is 0.239 e. The zero-order valence-corrected chi connectivity index (χ0v) is 21.8. The van der Waals surface area contributed by atoms with Gasteiger partial charge in [0, 0.05) is 0 Å². The number of benzene rings is 1. The molecule has 0 aliphatic heterocycles. The molecule has 1 aromatic rings. The van der Waals surface area contributed by atoms with Crippen LogP contribution in [-0.4, -0.2) is 58.0 Å². The number of rotatable bonds is 11. The number of carbonyl (C=O) groups is 1. The van der Waals surface area contributed by atoms with Crippen molar-refractivity contribution in [1.82, 2.24) is 10.0 Å². The number of hydrogen-bond donors (Lipinski definition) is 3. The average molecular weight is 521 g/mol. The molecule has 0 bridgehead atoms. The molecule has 0 heterocycles. The fourth-order valence-electron chi connectivity index (χ4n) is 4.59. The van der Waals surface area contributed by atoms with Gasteiger partial charge in [-0.05, 0) is 61.3 Å². The largest absolute Gasteiger partial charge is 0.391 e. The van der Waals surface area contributed by atoms with Gasteiger partial charge in [0.15, 0.2) is 9.84 Å². The molecule has 1 aromatic carbocycles. The lowest BCUT2D eigenvalue weighted by Gasteiger charge is -2.36. The van der Waals surface area contributed by atoms with Gasteiger partial charge in [-0.1, -0.05) is 33.6 Å². The molecule has 2 rings (SSSR count). The Kier molecular flexibility index (Phi) is 10.1. The van der Waals surface area contributed by atoms with E-state index in [-0.39, 0.29) is 4.90 Å². The molecular weight excluding hydrogens is 483 g/mol. The molecule has 1 fully saturated rings. The molecule has 6 atom stereocenters. The monoisotopic (exact) mass is 520 g/mol. The Hall–Kier alpha value is -1.56. The Balaban J connectivity index is 2.15. The summed E-state index contributed by atoms with van der Waals surface area (Å²) in [5.41, 5.74) is 0. The lowest BCUT2D eigenvalue weighted by Crippen LogP contribution is -2.54. The summed E-state index contributed by atoms with van der Waals surface area (Å²) in [5.74, 6) is -0.964. The van der Waals surface area contributed by atoms with E-state index in [0.29, 0.717) is 30.6 Å². The SMILES string of the molecule is CCC(NC(=O)C(CS(=O)(=O)c1ccc(F)cc1)NS(C)(=O)=O)C(O)CC1CC(C)CCC1C.